The van der Waals surface area contributed by atoms with Crippen molar-refractivity contribution in [3.63, 3.8) is 0 Å². The zero-order valence-corrected chi connectivity index (χ0v) is 18.9. The van der Waals surface area contributed by atoms with Gasteiger partial charge in [0.25, 0.3) is 0 Å². The van der Waals surface area contributed by atoms with Crippen molar-refractivity contribution in [3.05, 3.63) is 23.8 Å². The smallest absolute Gasteiger partial charge is 0.411 e. The van der Waals surface area contributed by atoms with Crippen LogP contribution in [0.1, 0.15) is 25.3 Å². The van der Waals surface area contributed by atoms with Gasteiger partial charge in [0.1, 0.15) is 19.3 Å². The molecule has 0 spiro atoms. The third-order valence-corrected chi connectivity index (χ3v) is 6.42. The lowest BCUT2D eigenvalue weighted by Gasteiger charge is -2.20. The number of ether oxygens (including phenoxy) is 3. The van der Waals surface area contributed by atoms with Crippen molar-refractivity contribution in [2.24, 2.45) is 0 Å². The van der Waals surface area contributed by atoms with Crippen LogP contribution in [0.4, 0.5) is 21.0 Å². The molecule has 1 aromatic rings. The maximum Gasteiger partial charge on any atom is 0.411 e. The van der Waals surface area contributed by atoms with E-state index < -0.39 is 12.2 Å². The molecule has 0 atom stereocenters. The van der Waals surface area contributed by atoms with E-state index in [2.05, 4.69) is 10.6 Å². The van der Waals surface area contributed by atoms with Crippen molar-refractivity contribution in [1.82, 2.24) is 0 Å². The Morgan fingerprint density at radius 1 is 1.03 bits per heavy atom. The van der Waals surface area contributed by atoms with Gasteiger partial charge in [0, 0.05) is 29.3 Å². The van der Waals surface area contributed by atoms with Crippen LogP contribution >= 0.6 is 23.5 Å². The highest BCUT2D eigenvalue weighted by atomic mass is 32.2. The first-order valence-corrected chi connectivity index (χ1v) is 12.1. The molecule has 0 unspecified atom stereocenters. The molecule has 0 saturated carbocycles. The van der Waals surface area contributed by atoms with Crippen molar-refractivity contribution >= 4 is 53.1 Å². The molecule has 0 aliphatic carbocycles. The van der Waals surface area contributed by atoms with E-state index in [0.717, 1.165) is 28.6 Å². The SMILES string of the molecule is CCC(=O)OCCOC(=O)Nc1cc(NC(=O)OC2CSCCCSC2)ccc1C. The molecule has 2 rings (SSSR count). The first kappa shape index (κ1) is 24.2. The fraction of sp³-hybridized carbons (Fsp3) is 0.550. The van der Waals surface area contributed by atoms with E-state index in [1.807, 2.05) is 6.92 Å². The second kappa shape index (κ2) is 13.3. The van der Waals surface area contributed by atoms with E-state index in [0.29, 0.717) is 11.4 Å². The van der Waals surface area contributed by atoms with E-state index in [1.165, 1.54) is 6.42 Å². The summed E-state index contributed by atoms with van der Waals surface area (Å²) in [5.74, 6) is 3.40. The summed E-state index contributed by atoms with van der Waals surface area (Å²) in [7, 11) is 0. The first-order chi connectivity index (χ1) is 14.5. The van der Waals surface area contributed by atoms with Gasteiger partial charge in [-0.05, 0) is 42.5 Å². The molecule has 0 aromatic heterocycles. The summed E-state index contributed by atoms with van der Waals surface area (Å²) in [4.78, 5) is 35.2. The number of benzene rings is 1. The van der Waals surface area contributed by atoms with E-state index in [-0.39, 0.29) is 31.7 Å². The topological polar surface area (TPSA) is 103 Å². The van der Waals surface area contributed by atoms with Crippen LogP contribution in [0.25, 0.3) is 0 Å². The van der Waals surface area contributed by atoms with Gasteiger partial charge in [-0.15, -0.1) is 0 Å². The van der Waals surface area contributed by atoms with Crippen LogP contribution in [-0.2, 0) is 19.0 Å². The van der Waals surface area contributed by atoms with Crippen molar-refractivity contribution < 1.29 is 28.6 Å². The van der Waals surface area contributed by atoms with Gasteiger partial charge in [-0.25, -0.2) is 9.59 Å². The van der Waals surface area contributed by atoms with Crippen LogP contribution in [0.5, 0.6) is 0 Å². The number of nitrogens with one attached hydrogen (secondary N) is 2. The van der Waals surface area contributed by atoms with E-state index in [4.69, 9.17) is 14.2 Å². The minimum Gasteiger partial charge on any atom is -0.462 e. The summed E-state index contributed by atoms with van der Waals surface area (Å²) < 4.78 is 15.4. The number of carbonyl (C=O) groups is 3. The highest BCUT2D eigenvalue weighted by Crippen LogP contribution is 2.22. The Balaban J connectivity index is 1.82. The van der Waals surface area contributed by atoms with Crippen molar-refractivity contribution in [1.29, 1.82) is 0 Å². The molecular weight excluding hydrogens is 428 g/mol. The minimum absolute atomic E-state index is 0.00422. The van der Waals surface area contributed by atoms with Gasteiger partial charge in [0.2, 0.25) is 0 Å². The Kier molecular flexibility index (Phi) is 10.7. The van der Waals surface area contributed by atoms with Crippen LogP contribution in [0.2, 0.25) is 0 Å². The number of amides is 2. The molecule has 0 bridgehead atoms. The molecule has 30 heavy (non-hydrogen) atoms. The van der Waals surface area contributed by atoms with Crippen molar-refractivity contribution in [3.8, 4) is 0 Å². The van der Waals surface area contributed by atoms with Gasteiger partial charge in [0.05, 0.1) is 0 Å². The molecule has 2 amide bonds. The molecule has 1 heterocycles. The normalized spacial score (nSPS) is 14.7. The van der Waals surface area contributed by atoms with E-state index in [9.17, 15) is 14.4 Å². The van der Waals surface area contributed by atoms with Crippen LogP contribution < -0.4 is 10.6 Å². The molecule has 1 saturated heterocycles. The van der Waals surface area contributed by atoms with Crippen molar-refractivity contribution in [2.75, 3.05) is 46.9 Å². The number of carbonyl (C=O) groups excluding carboxylic acids is 3. The lowest BCUT2D eigenvalue weighted by Crippen LogP contribution is -2.27. The highest BCUT2D eigenvalue weighted by Gasteiger charge is 2.17. The van der Waals surface area contributed by atoms with Crippen LogP contribution in [0, 0.1) is 6.92 Å². The summed E-state index contributed by atoms with van der Waals surface area (Å²) in [5, 5.41) is 5.33. The van der Waals surface area contributed by atoms with Crippen LogP contribution in [0.15, 0.2) is 18.2 Å². The van der Waals surface area contributed by atoms with Gasteiger partial charge in [-0.2, -0.15) is 23.5 Å². The average molecular weight is 457 g/mol. The maximum atomic E-state index is 12.2. The van der Waals surface area contributed by atoms with Crippen molar-refractivity contribution in [2.45, 2.75) is 32.8 Å². The molecular formula is C20H28N2O6S2. The number of anilines is 2. The zero-order valence-electron chi connectivity index (χ0n) is 17.2. The second-order valence-corrected chi connectivity index (χ2v) is 8.82. The van der Waals surface area contributed by atoms with Gasteiger partial charge in [-0.3, -0.25) is 15.4 Å². The van der Waals surface area contributed by atoms with E-state index in [1.54, 1.807) is 48.6 Å². The number of aryl methyl sites for hydroxylation is 1. The summed E-state index contributed by atoms with van der Waals surface area (Å²) in [6.45, 7) is 3.47. The molecule has 8 nitrogen and oxygen atoms in total. The highest BCUT2D eigenvalue weighted by molar-refractivity contribution is 8.00. The third-order valence-electron chi connectivity index (χ3n) is 4.05. The molecule has 2 N–H and O–H groups in total. The van der Waals surface area contributed by atoms with Gasteiger partial charge in [-0.1, -0.05) is 13.0 Å². The number of thioether (sulfide) groups is 2. The Morgan fingerprint density at radius 2 is 1.73 bits per heavy atom. The monoisotopic (exact) mass is 456 g/mol. The maximum absolute atomic E-state index is 12.2. The fourth-order valence-electron chi connectivity index (χ4n) is 2.48. The summed E-state index contributed by atoms with van der Waals surface area (Å²) in [6.07, 6.45) is 0.136. The predicted molar refractivity (Wildman–Crippen MR) is 121 cm³/mol. The molecule has 0 radical (unpaired) electrons. The predicted octanol–water partition coefficient (Wildman–Crippen LogP) is 4.28. The number of esters is 1. The molecule has 1 aliphatic heterocycles. The first-order valence-electron chi connectivity index (χ1n) is 9.81. The second-order valence-electron chi connectivity index (χ2n) is 6.52. The number of hydrogen-bond acceptors (Lipinski definition) is 8. The Labute approximate surface area is 185 Å². The molecule has 1 aromatic carbocycles. The Morgan fingerprint density at radius 3 is 2.43 bits per heavy atom. The Bertz CT molecular complexity index is 723. The Hall–Kier alpha value is -2.07. The van der Waals surface area contributed by atoms with Gasteiger partial charge in [0.15, 0.2) is 0 Å². The molecule has 1 aliphatic rings. The van der Waals surface area contributed by atoms with Gasteiger partial charge >= 0.3 is 18.2 Å². The lowest BCUT2D eigenvalue weighted by molar-refractivity contribution is -0.144. The molecule has 166 valence electrons. The number of rotatable bonds is 7. The summed E-state index contributed by atoms with van der Waals surface area (Å²) in [5.41, 5.74) is 1.81. The quantitative estimate of drug-likeness (QED) is 0.356. The standard InChI is InChI=1S/C20H28N2O6S2/c1-3-18(23)26-7-8-27-19(24)22-17-11-15(6-5-14(17)2)21-20(25)28-16-12-29-9-4-10-30-13-16/h5-6,11,16H,3-4,7-10,12-13H2,1-2H3,(H,21,25)(H,22,24). The van der Waals surface area contributed by atoms with Gasteiger partial charge < -0.3 is 14.2 Å². The largest absolute Gasteiger partial charge is 0.462 e. The number of hydrogen-bond donors (Lipinski definition) is 2. The lowest BCUT2D eigenvalue weighted by atomic mass is 10.2. The summed E-state index contributed by atoms with van der Waals surface area (Å²) >= 11 is 3.60. The van der Waals surface area contributed by atoms with Crippen LogP contribution in [-0.4, -0.2) is 60.5 Å². The summed E-state index contributed by atoms with van der Waals surface area (Å²) in [6, 6.07) is 5.14. The minimum atomic E-state index is -0.672. The molecule has 10 heteroatoms. The zero-order chi connectivity index (χ0) is 21.8. The van der Waals surface area contributed by atoms with E-state index >= 15 is 0 Å². The fourth-order valence-corrected chi connectivity index (χ4v) is 4.74. The third kappa shape index (κ3) is 9.17. The van der Waals surface area contributed by atoms with Crippen LogP contribution in [0.3, 0.4) is 0 Å². The molecule has 1 fully saturated rings. The average Bonchev–Trinajstić information content (AvgIpc) is 2.69.